The number of aliphatic hydroxyl groups is 1. The Kier molecular flexibility index (Phi) is 6.39. The van der Waals surface area contributed by atoms with E-state index in [1.165, 1.54) is 12.8 Å². The van der Waals surface area contributed by atoms with E-state index >= 15 is 0 Å². The fourth-order valence-electron chi connectivity index (χ4n) is 3.95. The Bertz CT molecular complexity index is 770. The number of nitrogens with zero attached hydrogens (tertiary/aromatic N) is 2. The summed E-state index contributed by atoms with van der Waals surface area (Å²) >= 11 is 0. The van der Waals surface area contributed by atoms with Crippen molar-refractivity contribution in [2.75, 3.05) is 27.4 Å². The molecule has 1 aliphatic rings. The van der Waals surface area contributed by atoms with E-state index < -0.39 is 0 Å². The summed E-state index contributed by atoms with van der Waals surface area (Å²) in [5.41, 5.74) is 2.70. The molecule has 0 unspecified atom stereocenters. The first-order valence-electron chi connectivity index (χ1n) is 9.62. The van der Waals surface area contributed by atoms with Crippen LogP contribution in [0.1, 0.15) is 42.7 Å². The zero-order valence-corrected chi connectivity index (χ0v) is 16.7. The Morgan fingerprint density at radius 1 is 1.22 bits per heavy atom. The predicted octanol–water partition coefficient (Wildman–Crippen LogP) is 3.71. The molecule has 1 N–H and O–H groups in total. The minimum atomic E-state index is 0.229. The molecule has 2 heterocycles. The first-order chi connectivity index (χ1) is 13.1. The molecule has 27 heavy (non-hydrogen) atoms. The van der Waals surface area contributed by atoms with Crippen molar-refractivity contribution in [3.8, 4) is 23.0 Å². The molecule has 2 aromatic rings. The molecule has 0 amide bonds. The SMILES string of the molecule is COc1ccc(-c2nc(CN3CCCC[C@H]3CCO)c(C)o2)c(OC)c1C. The number of piperidine rings is 1. The van der Waals surface area contributed by atoms with Gasteiger partial charge in [-0.1, -0.05) is 6.42 Å². The van der Waals surface area contributed by atoms with Crippen LogP contribution in [-0.2, 0) is 6.54 Å². The van der Waals surface area contributed by atoms with Crippen molar-refractivity contribution in [2.24, 2.45) is 0 Å². The fourth-order valence-corrected chi connectivity index (χ4v) is 3.95. The highest BCUT2D eigenvalue weighted by Crippen LogP contribution is 2.38. The number of aromatic nitrogens is 1. The Labute approximate surface area is 161 Å². The molecule has 3 rings (SSSR count). The van der Waals surface area contributed by atoms with Gasteiger partial charge in [-0.2, -0.15) is 0 Å². The van der Waals surface area contributed by atoms with Gasteiger partial charge in [-0.3, -0.25) is 4.90 Å². The topological polar surface area (TPSA) is 68.0 Å². The average molecular weight is 374 g/mol. The maximum atomic E-state index is 9.35. The van der Waals surface area contributed by atoms with Crippen LogP contribution in [-0.4, -0.2) is 48.4 Å². The summed E-state index contributed by atoms with van der Waals surface area (Å²) in [4.78, 5) is 7.20. The third-order valence-electron chi connectivity index (χ3n) is 5.47. The van der Waals surface area contributed by atoms with Crippen molar-refractivity contribution in [1.29, 1.82) is 0 Å². The number of aryl methyl sites for hydroxylation is 1. The molecule has 1 saturated heterocycles. The van der Waals surface area contributed by atoms with Gasteiger partial charge in [-0.25, -0.2) is 4.98 Å². The maximum absolute atomic E-state index is 9.35. The molecule has 1 atom stereocenters. The van der Waals surface area contributed by atoms with Crippen LogP contribution in [0.15, 0.2) is 16.5 Å². The number of hydrogen-bond acceptors (Lipinski definition) is 6. The number of rotatable bonds is 7. The lowest BCUT2D eigenvalue weighted by Gasteiger charge is -2.35. The van der Waals surface area contributed by atoms with Crippen LogP contribution < -0.4 is 9.47 Å². The highest BCUT2D eigenvalue weighted by atomic mass is 16.5. The minimum Gasteiger partial charge on any atom is -0.496 e. The summed E-state index contributed by atoms with van der Waals surface area (Å²) < 4.78 is 17.0. The van der Waals surface area contributed by atoms with E-state index in [1.807, 2.05) is 26.0 Å². The lowest BCUT2D eigenvalue weighted by Crippen LogP contribution is -2.39. The number of likely N-dealkylation sites (tertiary alicyclic amines) is 1. The van der Waals surface area contributed by atoms with Crippen LogP contribution >= 0.6 is 0 Å². The number of hydrogen-bond donors (Lipinski definition) is 1. The number of ether oxygens (including phenoxy) is 2. The molecule has 0 spiro atoms. The van der Waals surface area contributed by atoms with E-state index in [0.717, 1.165) is 60.0 Å². The monoisotopic (exact) mass is 374 g/mol. The number of oxazole rings is 1. The molecule has 148 valence electrons. The normalized spacial score (nSPS) is 17.9. The average Bonchev–Trinajstić information content (AvgIpc) is 3.03. The smallest absolute Gasteiger partial charge is 0.230 e. The number of benzene rings is 1. The van der Waals surface area contributed by atoms with Crippen LogP contribution in [0.5, 0.6) is 11.5 Å². The largest absolute Gasteiger partial charge is 0.496 e. The summed E-state index contributed by atoms with van der Waals surface area (Å²) in [7, 11) is 3.30. The van der Waals surface area contributed by atoms with Gasteiger partial charge in [0.15, 0.2) is 0 Å². The lowest BCUT2D eigenvalue weighted by molar-refractivity contribution is 0.111. The fraction of sp³-hybridized carbons (Fsp3) is 0.571. The van der Waals surface area contributed by atoms with Crippen molar-refractivity contribution in [3.05, 3.63) is 29.2 Å². The molecule has 0 bridgehead atoms. The molecule has 1 aromatic heterocycles. The molecule has 0 saturated carbocycles. The van der Waals surface area contributed by atoms with E-state index in [9.17, 15) is 5.11 Å². The van der Waals surface area contributed by atoms with E-state index in [0.29, 0.717) is 11.9 Å². The van der Waals surface area contributed by atoms with Crippen molar-refractivity contribution < 1.29 is 19.0 Å². The Balaban J connectivity index is 1.87. The van der Waals surface area contributed by atoms with Gasteiger partial charge in [0.1, 0.15) is 17.3 Å². The molecule has 6 nitrogen and oxygen atoms in total. The second-order valence-electron chi connectivity index (χ2n) is 7.13. The van der Waals surface area contributed by atoms with Crippen LogP contribution in [0.25, 0.3) is 11.5 Å². The van der Waals surface area contributed by atoms with Crippen LogP contribution in [0.2, 0.25) is 0 Å². The summed E-state index contributed by atoms with van der Waals surface area (Å²) in [6.45, 7) is 5.94. The molecule has 6 heteroatoms. The van der Waals surface area contributed by atoms with Gasteiger partial charge in [0.25, 0.3) is 0 Å². The molecule has 1 aromatic carbocycles. The molecule has 0 aliphatic carbocycles. The van der Waals surface area contributed by atoms with E-state index in [1.54, 1.807) is 14.2 Å². The van der Waals surface area contributed by atoms with Crippen molar-refractivity contribution in [3.63, 3.8) is 0 Å². The summed E-state index contributed by atoms with van der Waals surface area (Å²) in [6, 6.07) is 4.25. The number of aliphatic hydroxyl groups excluding tert-OH is 1. The first-order valence-corrected chi connectivity index (χ1v) is 9.62. The van der Waals surface area contributed by atoms with Crippen molar-refractivity contribution >= 4 is 0 Å². The minimum absolute atomic E-state index is 0.229. The lowest BCUT2D eigenvalue weighted by atomic mass is 9.99. The Morgan fingerprint density at radius 3 is 2.74 bits per heavy atom. The summed E-state index contributed by atoms with van der Waals surface area (Å²) in [5.74, 6) is 2.90. The van der Waals surface area contributed by atoms with Crippen LogP contribution in [0.3, 0.4) is 0 Å². The van der Waals surface area contributed by atoms with Crippen molar-refractivity contribution in [2.45, 2.75) is 52.1 Å². The Hall–Kier alpha value is -2.05. The molecule has 1 aliphatic heterocycles. The summed E-state index contributed by atoms with van der Waals surface area (Å²) in [6.07, 6.45) is 4.37. The molecular weight excluding hydrogens is 344 g/mol. The summed E-state index contributed by atoms with van der Waals surface area (Å²) in [5, 5.41) is 9.35. The number of methoxy groups -OCH3 is 2. The molecule has 1 fully saturated rings. The zero-order chi connectivity index (χ0) is 19.4. The van der Waals surface area contributed by atoms with E-state index in [4.69, 9.17) is 18.9 Å². The standard InChI is InChI=1S/C21H30N2O4/c1-14-19(25-3)9-8-17(20(14)26-4)21-22-18(15(2)27-21)13-23-11-6-5-7-16(23)10-12-24/h8-9,16,24H,5-7,10-13H2,1-4H3/t16-/m0/s1. The van der Waals surface area contributed by atoms with Gasteiger partial charge in [-0.05, 0) is 51.8 Å². The van der Waals surface area contributed by atoms with Gasteiger partial charge in [0.05, 0.1) is 25.5 Å². The molecular formula is C21H30N2O4. The highest BCUT2D eigenvalue weighted by molar-refractivity contribution is 5.68. The van der Waals surface area contributed by atoms with Gasteiger partial charge in [0.2, 0.25) is 5.89 Å². The van der Waals surface area contributed by atoms with Gasteiger partial charge < -0.3 is 19.0 Å². The third kappa shape index (κ3) is 4.12. The maximum Gasteiger partial charge on any atom is 0.230 e. The van der Waals surface area contributed by atoms with Crippen LogP contribution in [0, 0.1) is 13.8 Å². The molecule has 0 radical (unpaired) electrons. The van der Waals surface area contributed by atoms with Gasteiger partial charge in [-0.15, -0.1) is 0 Å². The highest BCUT2D eigenvalue weighted by Gasteiger charge is 2.25. The first kappa shape index (κ1) is 19.7. The third-order valence-corrected chi connectivity index (χ3v) is 5.47. The van der Waals surface area contributed by atoms with Gasteiger partial charge >= 0.3 is 0 Å². The predicted molar refractivity (Wildman–Crippen MR) is 104 cm³/mol. The zero-order valence-electron chi connectivity index (χ0n) is 16.7. The van der Waals surface area contributed by atoms with Gasteiger partial charge in [0, 0.05) is 24.8 Å². The van der Waals surface area contributed by atoms with E-state index in [-0.39, 0.29) is 6.61 Å². The van der Waals surface area contributed by atoms with E-state index in [2.05, 4.69) is 4.90 Å². The van der Waals surface area contributed by atoms with Crippen LogP contribution in [0.4, 0.5) is 0 Å². The van der Waals surface area contributed by atoms with Crippen molar-refractivity contribution in [1.82, 2.24) is 9.88 Å². The second kappa shape index (κ2) is 8.76. The second-order valence-corrected chi connectivity index (χ2v) is 7.13. The quantitative estimate of drug-likeness (QED) is 0.797. The Morgan fingerprint density at radius 2 is 2.04 bits per heavy atom.